The van der Waals surface area contributed by atoms with Crippen molar-refractivity contribution in [2.24, 2.45) is 0 Å². The summed E-state index contributed by atoms with van der Waals surface area (Å²) in [5.41, 5.74) is 5.13. The van der Waals surface area contributed by atoms with E-state index in [9.17, 15) is 29.4 Å². The van der Waals surface area contributed by atoms with Crippen molar-refractivity contribution in [2.75, 3.05) is 13.1 Å². The van der Waals surface area contributed by atoms with E-state index >= 15 is 0 Å². The smallest absolute Gasteiger partial charge is 0.405 e. The zero-order chi connectivity index (χ0) is 40.5. The van der Waals surface area contributed by atoms with Gasteiger partial charge in [0.25, 0.3) is 11.8 Å². The molecular weight excluding hydrogens is 777 g/mol. The molecule has 2 saturated heterocycles. The second-order valence-corrected chi connectivity index (χ2v) is 16.6. The molecule has 298 valence electrons. The second kappa shape index (κ2) is 16.3. The van der Waals surface area contributed by atoms with Gasteiger partial charge in [-0.3, -0.25) is 9.59 Å². The van der Waals surface area contributed by atoms with E-state index in [0.29, 0.717) is 48.7 Å². The third-order valence-corrected chi connectivity index (χ3v) is 13.7. The molecule has 6 N–H and O–H groups in total. The number of rotatable bonds is 11. The fourth-order valence-electron chi connectivity index (χ4n) is 8.02. The second-order valence-electron chi connectivity index (χ2n) is 14.5. The standard InChI is InChI=1S/C42H42N8O6S2/c1-23-24(2)36(58-35(23)28-22-44-38(46-28)30-16-10-20-50(30)40(52)34(48-42(55)56)26-13-7-4-8-14-26)32-18-17-31(57-32)27-21-43-37(45-27)29-15-9-19-49(29)39(51)33(47-41(53)54)25-11-5-3-6-12-25/h3-8,11-14,17-18,21-22,29-30,33-34,47-48H,9-10,15-16,19-20H2,1-2H3,(H,43,45)(H,44,46)(H,53,54)(H,55,56)/t29?,30-,33?,34+/m0/s1. The van der Waals surface area contributed by atoms with Gasteiger partial charge in [0, 0.05) is 22.8 Å². The van der Waals surface area contributed by atoms with E-state index in [1.165, 1.54) is 0 Å². The van der Waals surface area contributed by atoms with Gasteiger partial charge in [-0.15, -0.1) is 22.7 Å². The number of carbonyl (C=O) groups is 4. The van der Waals surface area contributed by atoms with Gasteiger partial charge in [0.1, 0.15) is 23.7 Å². The quantitative estimate of drug-likeness (QED) is 0.0752. The van der Waals surface area contributed by atoms with Gasteiger partial charge in [-0.1, -0.05) is 60.7 Å². The molecule has 4 atom stereocenters. The Hall–Kier alpha value is -6.26. The number of hydrogen-bond donors (Lipinski definition) is 6. The van der Waals surface area contributed by atoms with Gasteiger partial charge in [0.2, 0.25) is 0 Å². The summed E-state index contributed by atoms with van der Waals surface area (Å²) in [5.74, 6) is 0.709. The number of aromatic amines is 2. The Morgan fingerprint density at radius 2 is 1.12 bits per heavy atom. The number of H-pyrrole nitrogens is 2. The Bertz CT molecular complexity index is 2460. The highest BCUT2D eigenvalue weighted by molar-refractivity contribution is 7.25. The summed E-state index contributed by atoms with van der Waals surface area (Å²) in [4.78, 5) is 75.1. The molecule has 6 aromatic rings. The Morgan fingerprint density at radius 3 is 1.64 bits per heavy atom. The first-order valence-corrected chi connectivity index (χ1v) is 20.7. The number of carbonyl (C=O) groups excluding carboxylic acids is 2. The molecule has 16 heteroatoms. The fraction of sp³-hybridized carbons (Fsp3) is 0.286. The number of nitrogens with one attached hydrogen (secondary N) is 4. The average molecular weight is 819 g/mol. The molecule has 0 aliphatic carbocycles. The van der Waals surface area contributed by atoms with Crippen molar-refractivity contribution in [3.05, 3.63) is 119 Å². The Balaban J connectivity index is 0.992. The fourth-order valence-corrected chi connectivity index (χ4v) is 10.4. The lowest BCUT2D eigenvalue weighted by Crippen LogP contribution is -2.42. The van der Waals surface area contributed by atoms with Crippen LogP contribution in [0.5, 0.6) is 0 Å². The number of nitrogens with zero attached hydrogens (tertiary/aromatic N) is 4. The number of imidazole rings is 2. The van der Waals surface area contributed by atoms with Crippen LogP contribution < -0.4 is 10.6 Å². The largest absolute Gasteiger partial charge is 0.465 e. The lowest BCUT2D eigenvalue weighted by Gasteiger charge is -2.28. The maximum Gasteiger partial charge on any atom is 0.405 e. The first kappa shape index (κ1) is 38.6. The number of likely N-dealkylation sites (tertiary alicyclic amines) is 2. The minimum absolute atomic E-state index is 0.309. The van der Waals surface area contributed by atoms with Crippen LogP contribution >= 0.6 is 22.7 Å². The van der Waals surface area contributed by atoms with Gasteiger partial charge in [-0.2, -0.15) is 0 Å². The van der Waals surface area contributed by atoms with Crippen molar-refractivity contribution in [3.8, 4) is 30.9 Å². The maximum atomic E-state index is 13.8. The van der Waals surface area contributed by atoms with E-state index in [1.54, 1.807) is 87.2 Å². The van der Waals surface area contributed by atoms with Gasteiger partial charge in [-0.05, 0) is 73.9 Å². The summed E-state index contributed by atoms with van der Waals surface area (Å²) in [6.07, 6.45) is 4.04. The number of hydrogen-bond acceptors (Lipinski definition) is 8. The van der Waals surface area contributed by atoms with Crippen LogP contribution in [0.2, 0.25) is 0 Å². The first-order valence-electron chi connectivity index (χ1n) is 19.1. The molecule has 0 bridgehead atoms. The van der Waals surface area contributed by atoms with Crippen LogP contribution in [0.4, 0.5) is 9.59 Å². The van der Waals surface area contributed by atoms with Crippen molar-refractivity contribution < 1.29 is 29.4 Å². The Morgan fingerprint density at radius 1 is 0.655 bits per heavy atom. The summed E-state index contributed by atoms with van der Waals surface area (Å²) in [7, 11) is 0. The molecule has 14 nitrogen and oxygen atoms in total. The van der Waals surface area contributed by atoms with E-state index in [4.69, 9.17) is 9.97 Å². The average Bonchev–Trinajstić information content (AvgIpc) is 4.08. The predicted molar refractivity (Wildman–Crippen MR) is 220 cm³/mol. The summed E-state index contributed by atoms with van der Waals surface area (Å²) >= 11 is 3.31. The van der Waals surface area contributed by atoms with Gasteiger partial charge in [0.05, 0.1) is 45.6 Å². The number of benzene rings is 2. The topological polar surface area (TPSA) is 197 Å². The van der Waals surface area contributed by atoms with Crippen LogP contribution in [0.1, 0.15) is 83.8 Å². The number of thiophene rings is 2. The number of carboxylic acid groups (broad SMARTS) is 2. The van der Waals surface area contributed by atoms with Crippen molar-refractivity contribution in [2.45, 2.75) is 63.7 Å². The van der Waals surface area contributed by atoms with Gasteiger partial charge in [0.15, 0.2) is 0 Å². The molecule has 6 heterocycles. The van der Waals surface area contributed by atoms with Gasteiger partial charge < -0.3 is 40.6 Å². The molecule has 2 aliphatic heterocycles. The minimum Gasteiger partial charge on any atom is -0.465 e. The summed E-state index contributed by atoms with van der Waals surface area (Å²) < 4.78 is 0. The van der Waals surface area contributed by atoms with Crippen molar-refractivity contribution >= 4 is 46.7 Å². The SMILES string of the molecule is Cc1c(-c2cnc([C@@H]3CCCN3C(=O)[C@H](NC(=O)O)c3ccccc3)[nH]2)sc(-c2ccc(-c3cnc(C4CCCN4C(=O)C(NC(=O)O)c4ccccc4)[nH]3)s2)c1C. The third kappa shape index (κ3) is 7.59. The highest BCUT2D eigenvalue weighted by atomic mass is 32.1. The lowest BCUT2D eigenvalue weighted by molar-refractivity contribution is -0.135. The predicted octanol–water partition coefficient (Wildman–Crippen LogP) is 8.22. The molecule has 2 unspecified atom stereocenters. The highest BCUT2D eigenvalue weighted by Gasteiger charge is 2.38. The van der Waals surface area contributed by atoms with Crippen LogP contribution in [0.15, 0.2) is 85.2 Å². The minimum atomic E-state index is -1.26. The molecule has 4 amide bonds. The van der Waals surface area contributed by atoms with Gasteiger partial charge in [-0.25, -0.2) is 19.6 Å². The zero-order valence-corrected chi connectivity index (χ0v) is 33.4. The van der Waals surface area contributed by atoms with Crippen LogP contribution in [0.25, 0.3) is 30.9 Å². The molecule has 58 heavy (non-hydrogen) atoms. The molecule has 2 fully saturated rings. The van der Waals surface area contributed by atoms with E-state index in [0.717, 1.165) is 54.9 Å². The van der Waals surface area contributed by atoms with E-state index < -0.39 is 24.3 Å². The Kier molecular flexibility index (Phi) is 10.9. The van der Waals surface area contributed by atoms with Gasteiger partial charge >= 0.3 is 12.2 Å². The zero-order valence-electron chi connectivity index (χ0n) is 31.8. The normalized spacial score (nSPS) is 17.6. The monoisotopic (exact) mass is 818 g/mol. The molecule has 0 spiro atoms. The molecule has 4 aromatic heterocycles. The van der Waals surface area contributed by atoms with E-state index in [2.05, 4.69) is 46.6 Å². The maximum absolute atomic E-state index is 13.8. The number of aromatic nitrogens is 4. The Labute approximate surface area is 342 Å². The third-order valence-electron chi connectivity index (χ3n) is 11.0. The van der Waals surface area contributed by atoms with Crippen LogP contribution in [-0.4, -0.2) is 77.0 Å². The molecule has 2 aromatic carbocycles. The van der Waals surface area contributed by atoms with Crippen LogP contribution in [0, 0.1) is 13.8 Å². The van der Waals surface area contributed by atoms with Crippen molar-refractivity contribution in [3.63, 3.8) is 0 Å². The highest BCUT2D eigenvalue weighted by Crippen LogP contribution is 2.45. The summed E-state index contributed by atoms with van der Waals surface area (Å²) in [5, 5.41) is 23.9. The lowest BCUT2D eigenvalue weighted by atomic mass is 10.1. The van der Waals surface area contributed by atoms with Crippen LogP contribution in [-0.2, 0) is 9.59 Å². The summed E-state index contributed by atoms with van der Waals surface area (Å²) in [6, 6.07) is 19.3. The number of amides is 4. The van der Waals surface area contributed by atoms with Crippen molar-refractivity contribution in [1.82, 2.24) is 40.4 Å². The molecule has 0 radical (unpaired) electrons. The van der Waals surface area contributed by atoms with E-state index in [-0.39, 0.29) is 23.9 Å². The molecular formula is C42H42N8O6S2. The summed E-state index contributed by atoms with van der Waals surface area (Å²) in [6.45, 7) is 5.21. The van der Waals surface area contributed by atoms with Crippen molar-refractivity contribution in [1.29, 1.82) is 0 Å². The van der Waals surface area contributed by atoms with Crippen LogP contribution in [0.3, 0.4) is 0 Å². The molecule has 2 aliphatic rings. The molecule has 0 saturated carbocycles. The van der Waals surface area contributed by atoms with E-state index in [1.807, 2.05) is 18.3 Å². The first-order chi connectivity index (χ1) is 28.1. The molecule has 8 rings (SSSR count).